The number of hydrogen-bond donors (Lipinski definition) is 2. The van der Waals surface area contributed by atoms with E-state index in [-0.39, 0.29) is 24.5 Å². The Balaban J connectivity index is 1.48. The van der Waals surface area contributed by atoms with Crippen molar-refractivity contribution in [2.24, 2.45) is 0 Å². The number of rotatable bonds is 4. The van der Waals surface area contributed by atoms with Crippen molar-refractivity contribution in [2.75, 3.05) is 37.0 Å². The molecule has 4 rings (SSSR count). The number of nitrogens with one attached hydrogen (secondary N) is 1. The summed E-state index contributed by atoms with van der Waals surface area (Å²) in [6.07, 6.45) is 3.79. The lowest BCUT2D eigenvalue weighted by atomic mass is 10.2. The summed E-state index contributed by atoms with van der Waals surface area (Å²) >= 11 is 0. The Morgan fingerprint density at radius 1 is 1.36 bits per heavy atom. The molecule has 2 aliphatic rings. The zero-order chi connectivity index (χ0) is 19.7. The number of urea groups is 1. The number of carbonyl (C=O) groups excluding carboxylic acids is 2. The molecule has 28 heavy (non-hydrogen) atoms. The number of benzene rings is 1. The Labute approximate surface area is 161 Å². The predicted molar refractivity (Wildman–Crippen MR) is 100 cm³/mol. The van der Waals surface area contributed by atoms with Gasteiger partial charge in [0.1, 0.15) is 5.75 Å². The number of aliphatic hydroxyl groups is 1. The number of hydrogen-bond acceptors (Lipinski definition) is 6. The first-order valence-corrected chi connectivity index (χ1v) is 9.15. The SMILES string of the molecule is COc1ccc(NC(=O)N2C[C@@H](O)[C@H](n3ccnn3)C2)cc1N1CCCC1=O. The largest absolute Gasteiger partial charge is 0.495 e. The van der Waals surface area contributed by atoms with Gasteiger partial charge in [-0.25, -0.2) is 9.48 Å². The maximum Gasteiger partial charge on any atom is 0.322 e. The van der Waals surface area contributed by atoms with Gasteiger partial charge >= 0.3 is 6.03 Å². The maximum atomic E-state index is 12.7. The van der Waals surface area contributed by atoms with Gasteiger partial charge in [-0.2, -0.15) is 0 Å². The molecule has 3 amide bonds. The van der Waals surface area contributed by atoms with E-state index >= 15 is 0 Å². The first-order valence-electron chi connectivity index (χ1n) is 9.15. The minimum atomic E-state index is -0.721. The van der Waals surface area contributed by atoms with Gasteiger partial charge in [0, 0.05) is 31.4 Å². The van der Waals surface area contributed by atoms with Gasteiger partial charge in [0.05, 0.1) is 37.7 Å². The highest BCUT2D eigenvalue weighted by atomic mass is 16.5. The molecule has 3 heterocycles. The van der Waals surface area contributed by atoms with Crippen LogP contribution in [0.25, 0.3) is 0 Å². The molecule has 0 saturated carbocycles. The van der Waals surface area contributed by atoms with Gasteiger partial charge < -0.3 is 25.0 Å². The zero-order valence-corrected chi connectivity index (χ0v) is 15.5. The van der Waals surface area contributed by atoms with Crippen LogP contribution >= 0.6 is 0 Å². The van der Waals surface area contributed by atoms with Crippen LogP contribution in [-0.2, 0) is 4.79 Å². The summed E-state index contributed by atoms with van der Waals surface area (Å²) in [5.74, 6) is 0.621. The van der Waals surface area contributed by atoms with Crippen molar-refractivity contribution in [2.45, 2.75) is 25.0 Å². The average molecular weight is 386 g/mol. The molecule has 2 N–H and O–H groups in total. The summed E-state index contributed by atoms with van der Waals surface area (Å²) in [4.78, 5) is 28.0. The van der Waals surface area contributed by atoms with Crippen molar-refractivity contribution < 1.29 is 19.4 Å². The Bertz CT molecular complexity index is 871. The molecule has 2 atom stereocenters. The number of nitrogens with zero attached hydrogens (tertiary/aromatic N) is 5. The number of methoxy groups -OCH3 is 1. The van der Waals surface area contributed by atoms with Gasteiger partial charge in [0.25, 0.3) is 0 Å². The predicted octanol–water partition coefficient (Wildman–Crippen LogP) is 0.863. The molecular weight excluding hydrogens is 364 g/mol. The van der Waals surface area contributed by atoms with E-state index in [1.807, 2.05) is 0 Å². The highest BCUT2D eigenvalue weighted by molar-refractivity contribution is 5.98. The second-order valence-corrected chi connectivity index (χ2v) is 6.89. The summed E-state index contributed by atoms with van der Waals surface area (Å²) in [5.41, 5.74) is 1.20. The minimum Gasteiger partial charge on any atom is -0.495 e. The maximum absolute atomic E-state index is 12.7. The van der Waals surface area contributed by atoms with Crippen molar-refractivity contribution in [1.29, 1.82) is 0 Å². The molecule has 0 radical (unpaired) electrons. The lowest BCUT2D eigenvalue weighted by Gasteiger charge is -2.21. The Morgan fingerprint density at radius 2 is 2.21 bits per heavy atom. The molecule has 2 aromatic rings. The Hall–Kier alpha value is -3.14. The van der Waals surface area contributed by atoms with Gasteiger partial charge in [0.15, 0.2) is 0 Å². The summed E-state index contributed by atoms with van der Waals surface area (Å²) in [6, 6.07) is 4.53. The fourth-order valence-electron chi connectivity index (χ4n) is 3.67. The number of anilines is 2. The number of aromatic nitrogens is 3. The van der Waals surface area contributed by atoms with Crippen LogP contribution in [0.2, 0.25) is 0 Å². The van der Waals surface area contributed by atoms with E-state index in [0.717, 1.165) is 6.42 Å². The number of amides is 3. The van der Waals surface area contributed by atoms with Crippen molar-refractivity contribution in [3.05, 3.63) is 30.6 Å². The van der Waals surface area contributed by atoms with Gasteiger partial charge in [0.2, 0.25) is 5.91 Å². The quantitative estimate of drug-likeness (QED) is 0.806. The highest BCUT2D eigenvalue weighted by Crippen LogP contribution is 2.34. The van der Waals surface area contributed by atoms with Gasteiger partial charge in [-0.1, -0.05) is 5.21 Å². The van der Waals surface area contributed by atoms with E-state index in [1.165, 1.54) is 11.1 Å². The van der Waals surface area contributed by atoms with Crippen molar-refractivity contribution >= 4 is 23.3 Å². The second kappa shape index (κ2) is 7.47. The molecule has 2 fully saturated rings. The zero-order valence-electron chi connectivity index (χ0n) is 15.5. The minimum absolute atomic E-state index is 0.0418. The van der Waals surface area contributed by atoms with Gasteiger partial charge in [-0.3, -0.25) is 4.79 Å². The van der Waals surface area contributed by atoms with Crippen molar-refractivity contribution in [1.82, 2.24) is 19.9 Å². The number of β-amino-alcohol motifs (C(OH)–C–C–N with tert-alkyl or cyclic N) is 1. The van der Waals surface area contributed by atoms with E-state index in [4.69, 9.17) is 4.74 Å². The fourth-order valence-corrected chi connectivity index (χ4v) is 3.67. The summed E-state index contributed by atoms with van der Waals surface area (Å²) in [5, 5.41) is 20.8. The van der Waals surface area contributed by atoms with E-state index in [9.17, 15) is 14.7 Å². The van der Waals surface area contributed by atoms with E-state index in [0.29, 0.717) is 36.6 Å². The van der Waals surface area contributed by atoms with E-state index in [2.05, 4.69) is 15.6 Å². The third-order valence-corrected chi connectivity index (χ3v) is 5.12. The average Bonchev–Trinajstić information content (AvgIpc) is 3.42. The molecule has 10 nitrogen and oxygen atoms in total. The van der Waals surface area contributed by atoms with Crippen LogP contribution < -0.4 is 15.0 Å². The monoisotopic (exact) mass is 386 g/mol. The van der Waals surface area contributed by atoms with Crippen LogP contribution in [0.5, 0.6) is 5.75 Å². The van der Waals surface area contributed by atoms with Gasteiger partial charge in [-0.15, -0.1) is 5.10 Å². The number of ether oxygens (including phenoxy) is 1. The third-order valence-electron chi connectivity index (χ3n) is 5.12. The third kappa shape index (κ3) is 3.38. The lowest BCUT2D eigenvalue weighted by molar-refractivity contribution is -0.117. The normalized spacial score (nSPS) is 22.0. The topological polar surface area (TPSA) is 113 Å². The van der Waals surface area contributed by atoms with Crippen LogP contribution in [0.1, 0.15) is 18.9 Å². The number of carbonyl (C=O) groups is 2. The molecule has 0 unspecified atom stereocenters. The second-order valence-electron chi connectivity index (χ2n) is 6.89. The smallest absolute Gasteiger partial charge is 0.322 e. The molecule has 2 aliphatic heterocycles. The molecule has 0 bridgehead atoms. The van der Waals surface area contributed by atoms with E-state index < -0.39 is 6.10 Å². The lowest BCUT2D eigenvalue weighted by Crippen LogP contribution is -2.34. The van der Waals surface area contributed by atoms with Crippen LogP contribution in [0, 0.1) is 0 Å². The molecule has 0 spiro atoms. The first kappa shape index (κ1) is 18.2. The summed E-state index contributed by atoms with van der Waals surface area (Å²) < 4.78 is 6.93. The first-order chi connectivity index (χ1) is 13.6. The molecule has 148 valence electrons. The van der Waals surface area contributed by atoms with Crippen LogP contribution in [-0.4, -0.2) is 69.8 Å². The van der Waals surface area contributed by atoms with Crippen LogP contribution in [0.15, 0.2) is 30.6 Å². The molecule has 1 aromatic carbocycles. The molecule has 10 heteroatoms. The Kier molecular flexibility index (Phi) is 4.86. The molecule has 1 aromatic heterocycles. The number of likely N-dealkylation sites (tertiary alicyclic amines) is 1. The molecule has 0 aliphatic carbocycles. The van der Waals surface area contributed by atoms with Crippen molar-refractivity contribution in [3.63, 3.8) is 0 Å². The van der Waals surface area contributed by atoms with Gasteiger partial charge in [-0.05, 0) is 24.6 Å². The van der Waals surface area contributed by atoms with Crippen molar-refractivity contribution in [3.8, 4) is 5.75 Å². The van der Waals surface area contributed by atoms with Crippen LogP contribution in [0.4, 0.5) is 16.2 Å². The standard InChI is InChI=1S/C18H22N6O4/c1-28-16-5-4-12(9-13(16)23-7-2-3-17(23)26)20-18(27)22-10-14(15(25)11-22)24-8-6-19-21-24/h4-6,8-9,14-15,25H,2-3,7,10-11H2,1H3,(H,20,27)/t14-,15-/m1/s1. The number of aliphatic hydroxyl groups excluding tert-OH is 1. The van der Waals surface area contributed by atoms with Crippen LogP contribution in [0.3, 0.4) is 0 Å². The summed E-state index contributed by atoms with van der Waals surface area (Å²) in [6.45, 7) is 1.15. The van der Waals surface area contributed by atoms with E-state index in [1.54, 1.807) is 41.1 Å². The fraction of sp³-hybridized carbons (Fsp3) is 0.444. The highest BCUT2D eigenvalue weighted by Gasteiger charge is 2.36. The molecular formula is C18H22N6O4. The molecule has 2 saturated heterocycles. The summed E-state index contributed by atoms with van der Waals surface area (Å²) in [7, 11) is 1.55. The Morgan fingerprint density at radius 3 is 2.89 bits per heavy atom.